The number of nitrogens with one attached hydrogen (secondary N) is 2. The van der Waals surface area contributed by atoms with Crippen molar-refractivity contribution in [3.63, 3.8) is 0 Å². The fourth-order valence-corrected chi connectivity index (χ4v) is 4.72. The van der Waals surface area contributed by atoms with Gasteiger partial charge < -0.3 is 15.8 Å². The van der Waals surface area contributed by atoms with Crippen molar-refractivity contribution in [3.8, 4) is 5.75 Å². The lowest BCUT2D eigenvalue weighted by molar-refractivity contribution is 0.111. The maximum Gasteiger partial charge on any atom is 0.171 e. The molecule has 0 saturated heterocycles. The molecule has 1 aromatic carbocycles. The number of rotatable bonds is 6. The van der Waals surface area contributed by atoms with Gasteiger partial charge in [0, 0.05) is 30.4 Å². The molecule has 174 valence electrons. The van der Waals surface area contributed by atoms with E-state index in [1.54, 1.807) is 0 Å². The number of amidine groups is 1. The van der Waals surface area contributed by atoms with Gasteiger partial charge in [0.2, 0.25) is 0 Å². The van der Waals surface area contributed by atoms with Gasteiger partial charge in [-0.15, -0.1) is 0 Å². The van der Waals surface area contributed by atoms with Crippen LogP contribution in [0.3, 0.4) is 0 Å². The smallest absolute Gasteiger partial charge is 0.171 e. The van der Waals surface area contributed by atoms with Gasteiger partial charge in [-0.05, 0) is 44.5 Å². The van der Waals surface area contributed by atoms with Crippen LogP contribution < -0.4 is 15.8 Å². The number of fused-ring (bicyclic) bond motifs is 1. The molecule has 0 saturated carbocycles. The van der Waals surface area contributed by atoms with Gasteiger partial charge in [0.25, 0.3) is 0 Å². The summed E-state index contributed by atoms with van der Waals surface area (Å²) in [6.07, 6.45) is 2.19. The van der Waals surface area contributed by atoms with Crippen LogP contribution in [0, 0.1) is 11.2 Å². The molecule has 8 nitrogen and oxygen atoms in total. The van der Waals surface area contributed by atoms with E-state index in [1.807, 2.05) is 25.2 Å². The standard InChI is InChI=1S/C15H23N3O3S.C6H3ClFNO/c1-15(2,14(16)17)22(19,20)9-10-6-7-21-13-5-4-11(18-3)8-12(10)13;7-4-1-5(8)6(3-10)9-2-4/h4-5,8,10,18H,6-7,9H2,1-3H3,(H3,16,17);1-3H. The van der Waals surface area contributed by atoms with Crippen LogP contribution in [0.5, 0.6) is 5.75 Å². The summed E-state index contributed by atoms with van der Waals surface area (Å²) in [4.78, 5) is 13.4. The summed E-state index contributed by atoms with van der Waals surface area (Å²) in [6.45, 7) is 3.45. The molecule has 1 aromatic heterocycles. The lowest BCUT2D eigenvalue weighted by Crippen LogP contribution is -2.47. The molecule has 0 amide bonds. The third-order valence-electron chi connectivity index (χ3n) is 5.26. The van der Waals surface area contributed by atoms with Crippen LogP contribution in [-0.4, -0.2) is 49.7 Å². The Hall–Kier alpha value is -2.72. The van der Waals surface area contributed by atoms with Crippen molar-refractivity contribution in [3.05, 3.63) is 52.6 Å². The number of ether oxygens (including phenoxy) is 1. The highest BCUT2D eigenvalue weighted by atomic mass is 35.5. The van der Waals surface area contributed by atoms with Gasteiger partial charge in [0.15, 0.2) is 21.9 Å². The summed E-state index contributed by atoms with van der Waals surface area (Å²) in [5.74, 6) is -0.485. The lowest BCUT2D eigenvalue weighted by atomic mass is 9.94. The van der Waals surface area contributed by atoms with Gasteiger partial charge in [-0.3, -0.25) is 10.2 Å². The van der Waals surface area contributed by atoms with E-state index in [-0.39, 0.29) is 28.2 Å². The fraction of sp³-hybridized carbons (Fsp3) is 0.381. The average molecular weight is 485 g/mol. The molecule has 32 heavy (non-hydrogen) atoms. The van der Waals surface area contributed by atoms with Gasteiger partial charge in [-0.1, -0.05) is 11.6 Å². The highest BCUT2D eigenvalue weighted by Gasteiger charge is 2.40. The number of hydrogen-bond donors (Lipinski definition) is 3. The number of carbonyl (C=O) groups is 1. The first-order chi connectivity index (χ1) is 14.9. The molecule has 4 N–H and O–H groups in total. The number of pyridine rings is 1. The van der Waals surface area contributed by atoms with Crippen LogP contribution in [0.4, 0.5) is 10.1 Å². The number of nitrogens with two attached hydrogens (primary N) is 1. The van der Waals surface area contributed by atoms with E-state index in [4.69, 9.17) is 27.5 Å². The van der Waals surface area contributed by atoms with Gasteiger partial charge in [0.1, 0.15) is 22.0 Å². The average Bonchev–Trinajstić information content (AvgIpc) is 2.73. The number of anilines is 1. The molecule has 0 spiro atoms. The fourth-order valence-electron chi connectivity index (χ4n) is 2.95. The predicted octanol–water partition coefficient (Wildman–Crippen LogP) is 3.41. The van der Waals surface area contributed by atoms with E-state index in [1.165, 1.54) is 20.0 Å². The Morgan fingerprint density at radius 2 is 2.12 bits per heavy atom. The monoisotopic (exact) mass is 484 g/mol. The summed E-state index contributed by atoms with van der Waals surface area (Å²) in [5, 5.41) is 10.8. The first-order valence-corrected chi connectivity index (χ1v) is 11.7. The van der Waals surface area contributed by atoms with Crippen LogP contribution in [0.1, 0.15) is 42.2 Å². The Morgan fingerprint density at radius 3 is 2.69 bits per heavy atom. The van der Waals surface area contributed by atoms with E-state index in [2.05, 4.69) is 10.3 Å². The van der Waals surface area contributed by atoms with Crippen LogP contribution in [0.15, 0.2) is 30.5 Å². The molecule has 11 heteroatoms. The van der Waals surface area contributed by atoms with Crippen LogP contribution in [0.25, 0.3) is 0 Å². The number of nitrogens with zero attached hydrogens (tertiary/aromatic N) is 1. The minimum Gasteiger partial charge on any atom is -0.493 e. The zero-order valence-electron chi connectivity index (χ0n) is 18.0. The van der Waals surface area contributed by atoms with Crippen molar-refractivity contribution in [1.82, 2.24) is 4.98 Å². The van der Waals surface area contributed by atoms with E-state index in [0.29, 0.717) is 19.3 Å². The number of aldehydes is 1. The second-order valence-electron chi connectivity index (χ2n) is 7.68. The topological polar surface area (TPSA) is 135 Å². The zero-order valence-corrected chi connectivity index (χ0v) is 19.6. The van der Waals surface area contributed by atoms with Crippen LogP contribution in [0.2, 0.25) is 5.02 Å². The van der Waals surface area contributed by atoms with E-state index >= 15 is 0 Å². The molecule has 0 bridgehead atoms. The van der Waals surface area contributed by atoms with E-state index < -0.39 is 20.4 Å². The maximum absolute atomic E-state index is 12.6. The quantitative estimate of drug-likeness (QED) is 0.324. The Balaban J connectivity index is 0.000000303. The summed E-state index contributed by atoms with van der Waals surface area (Å²) in [7, 11) is -1.73. The molecule has 1 atom stereocenters. The Kier molecular flexibility index (Phi) is 8.19. The SMILES string of the molecule is CNc1ccc2c(c1)C(CS(=O)(=O)C(C)(C)C(=N)N)CCO2.O=Cc1ncc(Cl)cc1F. The van der Waals surface area contributed by atoms with Gasteiger partial charge in [-0.25, -0.2) is 17.8 Å². The van der Waals surface area contributed by atoms with Gasteiger partial charge >= 0.3 is 0 Å². The van der Waals surface area contributed by atoms with Crippen molar-refractivity contribution in [1.29, 1.82) is 5.41 Å². The molecule has 2 heterocycles. The zero-order chi connectivity index (χ0) is 24.1. The maximum atomic E-state index is 12.6. The number of hydrogen-bond acceptors (Lipinski definition) is 7. The number of sulfone groups is 1. The van der Waals surface area contributed by atoms with Crippen molar-refractivity contribution in [2.75, 3.05) is 24.7 Å². The van der Waals surface area contributed by atoms with Gasteiger partial charge in [-0.2, -0.15) is 0 Å². The van der Waals surface area contributed by atoms with Crippen molar-refractivity contribution >= 4 is 39.2 Å². The number of halogens is 2. The van der Waals surface area contributed by atoms with E-state index in [9.17, 15) is 17.6 Å². The number of benzene rings is 1. The molecule has 0 aliphatic carbocycles. The van der Waals surface area contributed by atoms with Crippen molar-refractivity contribution in [2.45, 2.75) is 30.9 Å². The molecule has 1 aliphatic heterocycles. The third kappa shape index (κ3) is 5.74. The van der Waals surface area contributed by atoms with Crippen molar-refractivity contribution in [2.24, 2.45) is 5.73 Å². The molecule has 0 fully saturated rings. The molecular formula is C21H26ClFN4O4S. The largest absolute Gasteiger partial charge is 0.493 e. The minimum absolute atomic E-state index is 0.0386. The first kappa shape index (κ1) is 25.5. The second kappa shape index (κ2) is 10.3. The van der Waals surface area contributed by atoms with Crippen molar-refractivity contribution < 1.29 is 22.3 Å². The van der Waals surface area contributed by atoms with Gasteiger partial charge in [0.05, 0.1) is 17.4 Å². The minimum atomic E-state index is -3.55. The normalized spacial score (nSPS) is 15.5. The molecule has 3 rings (SSSR count). The molecule has 1 aliphatic rings. The highest BCUT2D eigenvalue weighted by molar-refractivity contribution is 7.93. The number of aromatic nitrogens is 1. The third-order valence-corrected chi connectivity index (χ3v) is 8.08. The lowest BCUT2D eigenvalue weighted by Gasteiger charge is -2.30. The summed E-state index contributed by atoms with van der Waals surface area (Å²) in [5.41, 5.74) is 7.06. The molecule has 2 aromatic rings. The summed E-state index contributed by atoms with van der Waals surface area (Å²) < 4.78 is 42.0. The Morgan fingerprint density at radius 1 is 1.44 bits per heavy atom. The summed E-state index contributed by atoms with van der Waals surface area (Å²) >= 11 is 5.36. The highest BCUT2D eigenvalue weighted by Crippen LogP contribution is 2.37. The summed E-state index contributed by atoms with van der Waals surface area (Å²) in [6, 6.07) is 6.72. The molecular weight excluding hydrogens is 459 g/mol. The van der Waals surface area contributed by atoms with E-state index in [0.717, 1.165) is 23.1 Å². The molecule has 0 radical (unpaired) electrons. The first-order valence-electron chi connectivity index (χ1n) is 9.70. The van der Waals surface area contributed by atoms with Crippen LogP contribution in [-0.2, 0) is 9.84 Å². The second-order valence-corrected chi connectivity index (χ2v) is 10.7. The number of carbonyl (C=O) groups excluding carboxylic acids is 1. The predicted molar refractivity (Wildman–Crippen MR) is 123 cm³/mol. The Labute approximate surface area is 191 Å². The van der Waals surface area contributed by atoms with Crippen LogP contribution >= 0.6 is 11.6 Å². The Bertz CT molecular complexity index is 1110. The molecule has 1 unspecified atom stereocenters.